The number of rotatable bonds is 5. The number of hydrogen-bond acceptors (Lipinski definition) is 5. The van der Waals surface area contributed by atoms with Crippen molar-refractivity contribution in [3.63, 3.8) is 0 Å². The standard InChI is InChI=1S/C21H17N3O2S/c1-14-12-15(20-24-18-8-5-11-22-21(18)27-20)9-10-17(14)23-19(25)13-26-16-6-3-2-4-7-16/h2-12H,13H2,1H3,(H,23,25). The molecule has 6 heteroatoms. The van der Waals surface area contributed by atoms with Gasteiger partial charge in [0.25, 0.3) is 5.91 Å². The van der Waals surface area contributed by atoms with E-state index in [1.54, 1.807) is 17.5 Å². The van der Waals surface area contributed by atoms with Crippen LogP contribution in [0.5, 0.6) is 5.75 Å². The average molecular weight is 375 g/mol. The fourth-order valence-electron chi connectivity index (χ4n) is 2.68. The number of pyridine rings is 1. The van der Waals surface area contributed by atoms with Gasteiger partial charge in [0.2, 0.25) is 0 Å². The molecule has 0 unspecified atom stereocenters. The Bertz CT molecular complexity index is 1060. The van der Waals surface area contributed by atoms with Gasteiger partial charge in [-0.15, -0.1) is 0 Å². The molecule has 2 aromatic heterocycles. The van der Waals surface area contributed by atoms with Crippen LogP contribution in [-0.2, 0) is 4.79 Å². The highest BCUT2D eigenvalue weighted by atomic mass is 32.1. The third-order valence-electron chi connectivity index (χ3n) is 4.03. The van der Waals surface area contributed by atoms with Crippen LogP contribution in [0.4, 0.5) is 5.69 Å². The van der Waals surface area contributed by atoms with Crippen LogP contribution in [-0.4, -0.2) is 22.5 Å². The van der Waals surface area contributed by atoms with Gasteiger partial charge >= 0.3 is 0 Å². The molecule has 1 amide bonds. The number of nitrogens with one attached hydrogen (secondary N) is 1. The fourth-order valence-corrected chi connectivity index (χ4v) is 3.59. The molecule has 27 heavy (non-hydrogen) atoms. The van der Waals surface area contributed by atoms with E-state index >= 15 is 0 Å². The minimum atomic E-state index is -0.195. The summed E-state index contributed by atoms with van der Waals surface area (Å²) in [5, 5.41) is 3.81. The first-order valence-electron chi connectivity index (χ1n) is 8.49. The molecule has 2 heterocycles. The predicted octanol–water partition coefficient (Wildman–Crippen LogP) is 4.68. The molecule has 0 aliphatic carbocycles. The van der Waals surface area contributed by atoms with Gasteiger partial charge in [0.1, 0.15) is 21.1 Å². The van der Waals surface area contributed by atoms with Gasteiger partial charge in [-0.2, -0.15) is 0 Å². The third-order valence-corrected chi connectivity index (χ3v) is 5.06. The van der Waals surface area contributed by atoms with E-state index in [1.165, 1.54) is 0 Å². The lowest BCUT2D eigenvalue weighted by Crippen LogP contribution is -2.20. The summed E-state index contributed by atoms with van der Waals surface area (Å²) in [5.74, 6) is 0.475. The number of aromatic nitrogens is 2. The second kappa shape index (κ2) is 7.55. The number of carbonyl (C=O) groups is 1. The van der Waals surface area contributed by atoms with Crippen molar-refractivity contribution in [3.05, 3.63) is 72.4 Å². The summed E-state index contributed by atoms with van der Waals surface area (Å²) in [5.41, 5.74) is 3.63. The van der Waals surface area contributed by atoms with Crippen molar-refractivity contribution in [2.24, 2.45) is 0 Å². The third kappa shape index (κ3) is 3.96. The summed E-state index contributed by atoms with van der Waals surface area (Å²) in [6.45, 7) is 1.93. The van der Waals surface area contributed by atoms with E-state index in [0.29, 0.717) is 5.75 Å². The van der Waals surface area contributed by atoms with Gasteiger partial charge in [-0.3, -0.25) is 4.79 Å². The van der Waals surface area contributed by atoms with Crippen LogP contribution in [0.2, 0.25) is 0 Å². The Kier molecular flexibility index (Phi) is 4.80. The van der Waals surface area contributed by atoms with E-state index in [9.17, 15) is 4.79 Å². The average Bonchev–Trinajstić information content (AvgIpc) is 3.13. The van der Waals surface area contributed by atoms with Crippen LogP contribution in [0.15, 0.2) is 66.9 Å². The molecule has 2 aromatic carbocycles. The Labute approximate surface area is 160 Å². The number of anilines is 1. The molecule has 0 radical (unpaired) electrons. The molecule has 0 aliphatic rings. The highest BCUT2D eigenvalue weighted by molar-refractivity contribution is 7.21. The Hall–Kier alpha value is -3.25. The first kappa shape index (κ1) is 17.2. The molecule has 0 saturated heterocycles. The number of amides is 1. The molecule has 134 valence electrons. The Morgan fingerprint density at radius 1 is 1.11 bits per heavy atom. The summed E-state index contributed by atoms with van der Waals surface area (Å²) in [6.07, 6.45) is 1.77. The van der Waals surface area contributed by atoms with Crippen LogP contribution < -0.4 is 10.1 Å². The minimum absolute atomic E-state index is 0.0330. The van der Waals surface area contributed by atoms with Crippen molar-refractivity contribution < 1.29 is 9.53 Å². The SMILES string of the molecule is Cc1cc(-c2nc3cccnc3s2)ccc1NC(=O)COc1ccccc1. The maximum Gasteiger partial charge on any atom is 0.262 e. The van der Waals surface area contributed by atoms with E-state index < -0.39 is 0 Å². The Morgan fingerprint density at radius 2 is 1.96 bits per heavy atom. The number of benzene rings is 2. The van der Waals surface area contributed by atoms with Crippen molar-refractivity contribution in [1.82, 2.24) is 9.97 Å². The van der Waals surface area contributed by atoms with Gasteiger partial charge in [-0.1, -0.05) is 29.5 Å². The zero-order valence-corrected chi connectivity index (χ0v) is 15.5. The number of fused-ring (bicyclic) bond motifs is 1. The molecule has 1 N–H and O–H groups in total. The number of nitrogens with zero attached hydrogens (tertiary/aromatic N) is 2. The Morgan fingerprint density at radius 3 is 2.74 bits per heavy atom. The van der Waals surface area contributed by atoms with Crippen LogP contribution in [0, 0.1) is 6.92 Å². The van der Waals surface area contributed by atoms with Gasteiger partial charge < -0.3 is 10.1 Å². The number of para-hydroxylation sites is 1. The zero-order chi connectivity index (χ0) is 18.6. The highest BCUT2D eigenvalue weighted by Gasteiger charge is 2.10. The molecule has 0 aliphatic heterocycles. The van der Waals surface area contributed by atoms with Crippen LogP contribution in [0.25, 0.3) is 20.9 Å². The van der Waals surface area contributed by atoms with Gasteiger partial charge in [-0.25, -0.2) is 9.97 Å². The highest BCUT2D eigenvalue weighted by Crippen LogP contribution is 2.30. The van der Waals surface area contributed by atoms with Crippen molar-refractivity contribution in [1.29, 1.82) is 0 Å². The normalized spacial score (nSPS) is 10.7. The lowest BCUT2D eigenvalue weighted by Gasteiger charge is -2.10. The van der Waals surface area contributed by atoms with Crippen molar-refractivity contribution in [2.75, 3.05) is 11.9 Å². The zero-order valence-electron chi connectivity index (χ0n) is 14.7. The molecule has 0 saturated carbocycles. The quantitative estimate of drug-likeness (QED) is 0.550. The number of thiazole rings is 1. The van der Waals surface area contributed by atoms with Gasteiger partial charge in [0, 0.05) is 17.4 Å². The maximum absolute atomic E-state index is 12.2. The molecule has 5 nitrogen and oxygen atoms in total. The van der Waals surface area contributed by atoms with Crippen molar-refractivity contribution in [3.8, 4) is 16.3 Å². The second-order valence-electron chi connectivity index (χ2n) is 6.03. The molecule has 4 rings (SSSR count). The van der Waals surface area contributed by atoms with E-state index in [-0.39, 0.29) is 12.5 Å². The van der Waals surface area contributed by atoms with Crippen LogP contribution in [0.1, 0.15) is 5.56 Å². The minimum Gasteiger partial charge on any atom is -0.484 e. The van der Waals surface area contributed by atoms with Crippen molar-refractivity contribution in [2.45, 2.75) is 6.92 Å². The summed E-state index contributed by atoms with van der Waals surface area (Å²) in [7, 11) is 0. The van der Waals surface area contributed by atoms with Gasteiger partial charge in [0.15, 0.2) is 6.61 Å². The van der Waals surface area contributed by atoms with E-state index in [2.05, 4.69) is 15.3 Å². The maximum atomic E-state index is 12.2. The van der Waals surface area contributed by atoms with Crippen LogP contribution in [0.3, 0.4) is 0 Å². The van der Waals surface area contributed by atoms with Crippen LogP contribution >= 0.6 is 11.3 Å². The number of hydrogen-bond donors (Lipinski definition) is 1. The first-order valence-corrected chi connectivity index (χ1v) is 9.31. The summed E-state index contributed by atoms with van der Waals surface area (Å²) in [6, 6.07) is 19.0. The molecule has 0 atom stereocenters. The van der Waals surface area contributed by atoms with Gasteiger partial charge in [0.05, 0.1) is 0 Å². The number of aryl methyl sites for hydroxylation is 1. The molecule has 0 bridgehead atoms. The van der Waals surface area contributed by atoms with E-state index in [1.807, 2.05) is 67.6 Å². The lowest BCUT2D eigenvalue weighted by atomic mass is 10.1. The Balaban J connectivity index is 1.46. The van der Waals surface area contributed by atoms with E-state index in [0.717, 1.165) is 32.2 Å². The lowest BCUT2D eigenvalue weighted by molar-refractivity contribution is -0.118. The number of carbonyl (C=O) groups excluding carboxylic acids is 1. The summed E-state index contributed by atoms with van der Waals surface area (Å²) in [4.78, 5) is 22.0. The topological polar surface area (TPSA) is 64.1 Å². The second-order valence-corrected chi connectivity index (χ2v) is 7.00. The molecular weight excluding hydrogens is 358 g/mol. The molecule has 4 aromatic rings. The summed E-state index contributed by atoms with van der Waals surface area (Å²) < 4.78 is 5.48. The largest absolute Gasteiger partial charge is 0.484 e. The predicted molar refractivity (Wildman–Crippen MR) is 108 cm³/mol. The molecule has 0 spiro atoms. The summed E-state index contributed by atoms with van der Waals surface area (Å²) >= 11 is 1.56. The van der Waals surface area contributed by atoms with Crippen molar-refractivity contribution >= 4 is 33.3 Å². The molecule has 0 fully saturated rings. The fraction of sp³-hybridized carbons (Fsp3) is 0.0952. The first-order chi connectivity index (χ1) is 13.2. The smallest absolute Gasteiger partial charge is 0.262 e. The molecular formula is C21H17N3O2S. The number of ether oxygens (including phenoxy) is 1. The van der Waals surface area contributed by atoms with E-state index in [4.69, 9.17) is 4.74 Å². The van der Waals surface area contributed by atoms with Gasteiger partial charge in [-0.05, 0) is 55.0 Å². The monoisotopic (exact) mass is 375 g/mol.